The van der Waals surface area contributed by atoms with Gasteiger partial charge in [0.15, 0.2) is 0 Å². The minimum absolute atomic E-state index is 0.0495. The van der Waals surface area contributed by atoms with Crippen LogP contribution in [0.2, 0.25) is 0 Å². The Labute approximate surface area is 97.2 Å². The zero-order chi connectivity index (χ0) is 12.9. The van der Waals surface area contributed by atoms with Crippen LogP contribution >= 0.6 is 0 Å². The van der Waals surface area contributed by atoms with E-state index in [0.717, 1.165) is 0 Å². The molecule has 0 heterocycles. The SMILES string of the molecule is CCC(C)(CN)C(=O)N(CC(N)=O)C(C)C. The first kappa shape index (κ1) is 14.9. The van der Waals surface area contributed by atoms with Gasteiger partial charge in [-0.2, -0.15) is 0 Å². The number of rotatable bonds is 6. The van der Waals surface area contributed by atoms with E-state index in [1.165, 1.54) is 4.90 Å². The molecule has 0 bridgehead atoms. The van der Waals surface area contributed by atoms with Gasteiger partial charge in [0.1, 0.15) is 0 Å². The normalized spacial score (nSPS) is 14.6. The average molecular weight is 229 g/mol. The van der Waals surface area contributed by atoms with Crippen LogP contribution in [0.1, 0.15) is 34.1 Å². The monoisotopic (exact) mass is 229 g/mol. The van der Waals surface area contributed by atoms with Gasteiger partial charge in [0, 0.05) is 12.6 Å². The van der Waals surface area contributed by atoms with Crippen molar-refractivity contribution in [1.82, 2.24) is 4.90 Å². The summed E-state index contributed by atoms with van der Waals surface area (Å²) in [6, 6.07) is -0.0579. The Morgan fingerprint density at radius 3 is 2.12 bits per heavy atom. The molecule has 0 rings (SSSR count). The topological polar surface area (TPSA) is 89.4 Å². The molecule has 1 atom stereocenters. The molecule has 1 unspecified atom stereocenters. The standard InChI is InChI=1S/C11H23N3O2/c1-5-11(4,7-12)10(16)14(8(2)3)6-9(13)15/h8H,5-7,12H2,1-4H3,(H2,13,15). The molecule has 0 aromatic carbocycles. The second-order valence-corrected chi connectivity index (χ2v) is 4.61. The molecule has 0 aliphatic rings. The third-order valence-corrected chi connectivity index (χ3v) is 2.96. The van der Waals surface area contributed by atoms with E-state index in [9.17, 15) is 9.59 Å². The fourth-order valence-corrected chi connectivity index (χ4v) is 1.39. The predicted molar refractivity (Wildman–Crippen MR) is 63.5 cm³/mol. The fourth-order valence-electron chi connectivity index (χ4n) is 1.39. The van der Waals surface area contributed by atoms with Crippen molar-refractivity contribution in [2.24, 2.45) is 16.9 Å². The van der Waals surface area contributed by atoms with Gasteiger partial charge in [-0.3, -0.25) is 9.59 Å². The first-order valence-electron chi connectivity index (χ1n) is 5.58. The Balaban J connectivity index is 4.93. The molecule has 0 saturated heterocycles. The zero-order valence-corrected chi connectivity index (χ0v) is 10.6. The van der Waals surface area contributed by atoms with Gasteiger partial charge in [0.25, 0.3) is 0 Å². The van der Waals surface area contributed by atoms with E-state index < -0.39 is 11.3 Å². The average Bonchev–Trinajstić information content (AvgIpc) is 2.23. The van der Waals surface area contributed by atoms with E-state index in [2.05, 4.69) is 0 Å². The molecule has 0 aromatic heterocycles. The second-order valence-electron chi connectivity index (χ2n) is 4.61. The van der Waals surface area contributed by atoms with Gasteiger partial charge in [-0.25, -0.2) is 0 Å². The van der Waals surface area contributed by atoms with Crippen molar-refractivity contribution >= 4 is 11.8 Å². The summed E-state index contributed by atoms with van der Waals surface area (Å²) < 4.78 is 0. The van der Waals surface area contributed by atoms with Gasteiger partial charge in [-0.15, -0.1) is 0 Å². The molecule has 5 nitrogen and oxygen atoms in total. The highest BCUT2D eigenvalue weighted by molar-refractivity contribution is 5.87. The van der Waals surface area contributed by atoms with E-state index in [1.807, 2.05) is 27.7 Å². The van der Waals surface area contributed by atoms with Crippen molar-refractivity contribution in [1.29, 1.82) is 0 Å². The summed E-state index contributed by atoms with van der Waals surface area (Å²) in [7, 11) is 0. The number of hydrogen-bond donors (Lipinski definition) is 2. The molecule has 0 spiro atoms. The van der Waals surface area contributed by atoms with Gasteiger partial charge in [-0.1, -0.05) is 6.92 Å². The fraction of sp³-hybridized carbons (Fsp3) is 0.818. The molecular formula is C11H23N3O2. The van der Waals surface area contributed by atoms with Crippen LogP contribution in [0.5, 0.6) is 0 Å². The summed E-state index contributed by atoms with van der Waals surface area (Å²) in [6.07, 6.45) is 0.643. The van der Waals surface area contributed by atoms with E-state index in [0.29, 0.717) is 6.42 Å². The third kappa shape index (κ3) is 3.48. The summed E-state index contributed by atoms with van der Waals surface area (Å²) in [5, 5.41) is 0. The molecule has 0 aromatic rings. The molecule has 0 radical (unpaired) electrons. The lowest BCUT2D eigenvalue weighted by molar-refractivity contribution is -0.145. The maximum atomic E-state index is 12.2. The second kappa shape index (κ2) is 5.84. The van der Waals surface area contributed by atoms with Gasteiger partial charge in [0.05, 0.1) is 12.0 Å². The Bertz CT molecular complexity index is 260. The molecular weight excluding hydrogens is 206 g/mol. The van der Waals surface area contributed by atoms with Crippen molar-refractivity contribution in [2.45, 2.75) is 40.2 Å². The Hall–Kier alpha value is -1.10. The minimum atomic E-state index is -0.611. The number of nitrogens with zero attached hydrogens (tertiary/aromatic N) is 1. The predicted octanol–water partition coefficient (Wildman–Crippen LogP) is 0.0837. The maximum Gasteiger partial charge on any atom is 0.237 e. The molecule has 0 saturated carbocycles. The number of carbonyl (C=O) groups excluding carboxylic acids is 2. The number of carbonyl (C=O) groups is 2. The molecule has 2 amide bonds. The quantitative estimate of drug-likeness (QED) is 0.676. The van der Waals surface area contributed by atoms with Crippen LogP contribution < -0.4 is 11.5 Å². The van der Waals surface area contributed by atoms with E-state index in [4.69, 9.17) is 11.5 Å². The van der Waals surface area contributed by atoms with Crippen LogP contribution in [0.15, 0.2) is 0 Å². The van der Waals surface area contributed by atoms with E-state index in [-0.39, 0.29) is 25.0 Å². The van der Waals surface area contributed by atoms with Gasteiger partial charge in [-0.05, 0) is 27.2 Å². The molecule has 0 aliphatic heterocycles. The lowest BCUT2D eigenvalue weighted by Gasteiger charge is -2.34. The Morgan fingerprint density at radius 2 is 1.88 bits per heavy atom. The van der Waals surface area contributed by atoms with Crippen molar-refractivity contribution in [3.05, 3.63) is 0 Å². The summed E-state index contributed by atoms with van der Waals surface area (Å²) in [4.78, 5) is 24.6. The minimum Gasteiger partial charge on any atom is -0.368 e. The molecule has 0 fully saturated rings. The van der Waals surface area contributed by atoms with Crippen molar-refractivity contribution < 1.29 is 9.59 Å². The zero-order valence-electron chi connectivity index (χ0n) is 10.6. The molecule has 16 heavy (non-hydrogen) atoms. The van der Waals surface area contributed by atoms with Crippen LogP contribution in [0.4, 0.5) is 0 Å². The van der Waals surface area contributed by atoms with E-state index in [1.54, 1.807) is 0 Å². The van der Waals surface area contributed by atoms with Crippen LogP contribution in [-0.2, 0) is 9.59 Å². The van der Waals surface area contributed by atoms with Crippen molar-refractivity contribution in [2.75, 3.05) is 13.1 Å². The van der Waals surface area contributed by atoms with Crippen LogP contribution in [0.25, 0.3) is 0 Å². The first-order chi connectivity index (χ1) is 7.28. The van der Waals surface area contributed by atoms with Crippen LogP contribution in [-0.4, -0.2) is 35.8 Å². The molecule has 5 heteroatoms. The Kier molecular flexibility index (Phi) is 5.44. The highest BCUT2D eigenvalue weighted by Gasteiger charge is 2.35. The van der Waals surface area contributed by atoms with Crippen molar-refractivity contribution in [3.63, 3.8) is 0 Å². The molecule has 4 N–H and O–H groups in total. The molecule has 94 valence electrons. The lowest BCUT2D eigenvalue weighted by Crippen LogP contribution is -2.51. The number of hydrogen-bond acceptors (Lipinski definition) is 3. The summed E-state index contributed by atoms with van der Waals surface area (Å²) in [5.41, 5.74) is 10.1. The maximum absolute atomic E-state index is 12.2. The van der Waals surface area contributed by atoms with E-state index >= 15 is 0 Å². The molecule has 0 aliphatic carbocycles. The number of primary amides is 1. The third-order valence-electron chi connectivity index (χ3n) is 2.96. The summed E-state index contributed by atoms with van der Waals surface area (Å²) >= 11 is 0. The van der Waals surface area contributed by atoms with Gasteiger partial charge >= 0.3 is 0 Å². The Morgan fingerprint density at radius 1 is 1.38 bits per heavy atom. The van der Waals surface area contributed by atoms with Crippen molar-refractivity contribution in [3.8, 4) is 0 Å². The lowest BCUT2D eigenvalue weighted by atomic mass is 9.85. The smallest absolute Gasteiger partial charge is 0.237 e. The highest BCUT2D eigenvalue weighted by Crippen LogP contribution is 2.23. The highest BCUT2D eigenvalue weighted by atomic mass is 16.2. The number of amides is 2. The van der Waals surface area contributed by atoms with Gasteiger partial charge < -0.3 is 16.4 Å². The summed E-state index contributed by atoms with van der Waals surface area (Å²) in [6.45, 7) is 7.65. The largest absolute Gasteiger partial charge is 0.368 e. The first-order valence-corrected chi connectivity index (χ1v) is 5.58. The number of nitrogens with two attached hydrogens (primary N) is 2. The van der Waals surface area contributed by atoms with Crippen LogP contribution in [0, 0.1) is 5.41 Å². The summed E-state index contributed by atoms with van der Waals surface area (Å²) in [5.74, 6) is -0.608. The van der Waals surface area contributed by atoms with Gasteiger partial charge in [0.2, 0.25) is 11.8 Å². The van der Waals surface area contributed by atoms with Crippen LogP contribution in [0.3, 0.4) is 0 Å².